The molecule has 7 nitrogen and oxygen atoms in total. The van der Waals surface area contributed by atoms with E-state index < -0.39 is 16.1 Å². The number of amides is 2. The molecule has 44 heavy (non-hydrogen) atoms. The second-order valence-corrected chi connectivity index (χ2v) is 14.4. The number of carbonyl (C=O) groups is 2. The summed E-state index contributed by atoms with van der Waals surface area (Å²) in [5.41, 5.74) is 3.97. The molecule has 2 amide bonds. The zero-order chi connectivity index (χ0) is 31.9. The van der Waals surface area contributed by atoms with Crippen molar-refractivity contribution in [3.8, 4) is 0 Å². The summed E-state index contributed by atoms with van der Waals surface area (Å²) < 4.78 is 27.0. The molecule has 0 bridgehead atoms. The molecule has 4 rings (SSSR count). The molecule has 10 heteroatoms. The number of carbonyl (C=O) groups excluding carboxylic acids is 2. The Labute approximate surface area is 271 Å². The molecule has 0 aliphatic heterocycles. The maximum absolute atomic E-state index is 14.1. The largest absolute Gasteiger partial charge is 0.352 e. The SMILES string of the molecule is Cc1ccc(C)c(N(CCCC(=O)N(Cc2ccc(Cl)cc2Cl)[C@H](Cc2ccccc2)C(=O)NC2CCCC2)S(C)(=O)=O)c1. The van der Waals surface area contributed by atoms with Crippen LogP contribution in [0.3, 0.4) is 0 Å². The molecule has 1 N–H and O–H groups in total. The van der Waals surface area contributed by atoms with Crippen LogP contribution in [0.25, 0.3) is 0 Å². The second-order valence-electron chi connectivity index (χ2n) is 11.7. The first-order chi connectivity index (χ1) is 20.9. The van der Waals surface area contributed by atoms with Crippen molar-refractivity contribution < 1.29 is 18.0 Å². The van der Waals surface area contributed by atoms with Gasteiger partial charge in [0.25, 0.3) is 0 Å². The van der Waals surface area contributed by atoms with E-state index in [1.54, 1.807) is 23.1 Å². The van der Waals surface area contributed by atoms with Crippen LogP contribution in [0.4, 0.5) is 5.69 Å². The minimum atomic E-state index is -3.60. The van der Waals surface area contributed by atoms with Gasteiger partial charge in [-0.3, -0.25) is 13.9 Å². The van der Waals surface area contributed by atoms with Gasteiger partial charge in [0, 0.05) is 42.0 Å². The van der Waals surface area contributed by atoms with Crippen LogP contribution in [0.5, 0.6) is 0 Å². The monoisotopic (exact) mass is 657 g/mol. The number of nitrogens with zero attached hydrogens (tertiary/aromatic N) is 2. The van der Waals surface area contributed by atoms with Gasteiger partial charge in [-0.05, 0) is 73.6 Å². The predicted octanol–water partition coefficient (Wildman–Crippen LogP) is 6.86. The highest BCUT2D eigenvalue weighted by atomic mass is 35.5. The van der Waals surface area contributed by atoms with Crippen molar-refractivity contribution in [2.45, 2.75) is 77.4 Å². The normalized spacial score (nSPS) is 14.3. The number of rotatable bonds is 13. The highest BCUT2D eigenvalue weighted by Gasteiger charge is 2.32. The number of anilines is 1. The number of aryl methyl sites for hydroxylation is 2. The molecule has 236 valence electrons. The van der Waals surface area contributed by atoms with E-state index in [1.807, 2.05) is 62.4 Å². The van der Waals surface area contributed by atoms with Gasteiger partial charge >= 0.3 is 0 Å². The summed E-state index contributed by atoms with van der Waals surface area (Å²) >= 11 is 12.7. The van der Waals surface area contributed by atoms with Crippen LogP contribution in [-0.4, -0.2) is 50.0 Å². The van der Waals surface area contributed by atoms with Gasteiger partial charge < -0.3 is 10.2 Å². The Kier molecular flexibility index (Phi) is 11.7. The van der Waals surface area contributed by atoms with Crippen molar-refractivity contribution in [3.63, 3.8) is 0 Å². The molecule has 0 spiro atoms. The lowest BCUT2D eigenvalue weighted by molar-refractivity contribution is -0.141. The van der Waals surface area contributed by atoms with Crippen molar-refractivity contribution in [2.75, 3.05) is 17.1 Å². The van der Waals surface area contributed by atoms with Crippen molar-refractivity contribution in [1.82, 2.24) is 10.2 Å². The highest BCUT2D eigenvalue weighted by Crippen LogP contribution is 2.27. The molecule has 3 aromatic rings. The lowest BCUT2D eigenvalue weighted by atomic mass is 10.0. The number of nitrogens with one attached hydrogen (secondary N) is 1. The Morgan fingerprint density at radius 2 is 1.68 bits per heavy atom. The fourth-order valence-electron chi connectivity index (χ4n) is 5.73. The van der Waals surface area contributed by atoms with Crippen LogP contribution >= 0.6 is 23.2 Å². The minimum Gasteiger partial charge on any atom is -0.352 e. The number of hydrogen-bond acceptors (Lipinski definition) is 4. The Morgan fingerprint density at radius 3 is 2.34 bits per heavy atom. The zero-order valence-electron chi connectivity index (χ0n) is 25.6. The van der Waals surface area contributed by atoms with Gasteiger partial charge in [0.05, 0.1) is 11.9 Å². The zero-order valence-corrected chi connectivity index (χ0v) is 27.9. The number of benzene rings is 3. The van der Waals surface area contributed by atoms with Crippen molar-refractivity contribution in [2.24, 2.45) is 0 Å². The Bertz CT molecular complexity index is 1560. The lowest BCUT2D eigenvalue weighted by Crippen LogP contribution is -2.52. The minimum absolute atomic E-state index is 0.0457. The first kappa shape index (κ1) is 33.8. The van der Waals surface area contributed by atoms with Crippen LogP contribution in [0.1, 0.15) is 60.8 Å². The van der Waals surface area contributed by atoms with Crippen molar-refractivity contribution >= 4 is 50.7 Å². The summed E-state index contributed by atoms with van der Waals surface area (Å²) in [5, 5.41) is 4.08. The summed E-state index contributed by atoms with van der Waals surface area (Å²) in [4.78, 5) is 29.6. The summed E-state index contributed by atoms with van der Waals surface area (Å²) in [6.45, 7) is 4.02. The third kappa shape index (κ3) is 9.22. The number of hydrogen-bond donors (Lipinski definition) is 1. The van der Waals surface area contributed by atoms with Gasteiger partial charge in [0.15, 0.2) is 0 Å². The molecular weight excluding hydrogens is 617 g/mol. The average Bonchev–Trinajstić information content (AvgIpc) is 3.48. The fourth-order valence-corrected chi connectivity index (χ4v) is 7.21. The molecule has 1 saturated carbocycles. The third-order valence-corrected chi connectivity index (χ3v) is 9.88. The lowest BCUT2D eigenvalue weighted by Gasteiger charge is -2.33. The van der Waals surface area contributed by atoms with Gasteiger partial charge in [-0.25, -0.2) is 8.42 Å². The first-order valence-electron chi connectivity index (χ1n) is 15.0. The predicted molar refractivity (Wildman–Crippen MR) is 179 cm³/mol. The summed E-state index contributed by atoms with van der Waals surface area (Å²) in [6, 6.07) is 19.7. The molecule has 3 aromatic carbocycles. The van der Waals surface area contributed by atoms with E-state index in [0.29, 0.717) is 27.7 Å². The first-order valence-corrected chi connectivity index (χ1v) is 17.7. The number of sulfonamides is 1. The molecular formula is C34H41Cl2N3O4S. The maximum Gasteiger partial charge on any atom is 0.243 e. The molecule has 0 aromatic heterocycles. The topological polar surface area (TPSA) is 86.8 Å². The van der Waals surface area contributed by atoms with Crippen LogP contribution < -0.4 is 9.62 Å². The van der Waals surface area contributed by atoms with E-state index in [9.17, 15) is 18.0 Å². The van der Waals surface area contributed by atoms with Gasteiger partial charge in [-0.1, -0.05) is 84.6 Å². The molecule has 0 unspecified atom stereocenters. The van der Waals surface area contributed by atoms with E-state index in [4.69, 9.17) is 23.2 Å². The Hall–Kier alpha value is -3.07. The highest BCUT2D eigenvalue weighted by molar-refractivity contribution is 7.92. The van der Waals surface area contributed by atoms with Crippen LogP contribution in [0.15, 0.2) is 66.7 Å². The molecule has 1 fully saturated rings. The molecule has 0 radical (unpaired) electrons. The Balaban J connectivity index is 1.62. The smallest absolute Gasteiger partial charge is 0.243 e. The second kappa shape index (κ2) is 15.3. The Morgan fingerprint density at radius 1 is 0.977 bits per heavy atom. The van der Waals surface area contributed by atoms with E-state index >= 15 is 0 Å². The van der Waals surface area contributed by atoms with Crippen molar-refractivity contribution in [3.05, 3.63) is 99.0 Å². The van der Waals surface area contributed by atoms with Crippen LogP contribution in [0, 0.1) is 13.8 Å². The quantitative estimate of drug-likeness (QED) is 0.218. The fraction of sp³-hybridized carbons (Fsp3) is 0.412. The summed E-state index contributed by atoms with van der Waals surface area (Å²) in [6.07, 6.45) is 5.78. The number of halogens is 2. The maximum atomic E-state index is 14.1. The van der Waals surface area contributed by atoms with Crippen molar-refractivity contribution in [1.29, 1.82) is 0 Å². The summed E-state index contributed by atoms with van der Waals surface area (Å²) in [7, 11) is -3.60. The van der Waals surface area contributed by atoms with Gasteiger partial charge in [-0.15, -0.1) is 0 Å². The summed E-state index contributed by atoms with van der Waals surface area (Å²) in [5.74, 6) is -0.458. The van der Waals surface area contributed by atoms with Gasteiger partial charge in [-0.2, -0.15) is 0 Å². The van der Waals surface area contributed by atoms with Crippen LogP contribution in [-0.2, 0) is 32.6 Å². The van der Waals surface area contributed by atoms with E-state index in [2.05, 4.69) is 5.32 Å². The van der Waals surface area contributed by atoms with E-state index in [1.165, 1.54) is 10.6 Å². The van der Waals surface area contributed by atoms with Gasteiger partial charge in [0.1, 0.15) is 6.04 Å². The molecule has 0 saturated heterocycles. The molecule has 1 aliphatic carbocycles. The molecule has 1 aliphatic rings. The third-order valence-electron chi connectivity index (χ3n) is 8.11. The average molecular weight is 659 g/mol. The van der Waals surface area contributed by atoms with E-state index in [-0.39, 0.29) is 43.8 Å². The molecule has 0 heterocycles. The van der Waals surface area contributed by atoms with Gasteiger partial charge in [0.2, 0.25) is 21.8 Å². The van der Waals surface area contributed by atoms with E-state index in [0.717, 1.165) is 42.4 Å². The van der Waals surface area contributed by atoms with Crippen LogP contribution in [0.2, 0.25) is 10.0 Å². The molecule has 1 atom stereocenters. The standard InChI is InChI=1S/C34H41Cl2N3O4S/c1-24-15-16-25(2)31(20-24)39(44(3,42)43)19-9-14-33(40)38(23-27-17-18-28(35)22-30(27)36)32(21-26-10-5-4-6-11-26)34(41)37-29-12-7-8-13-29/h4-6,10-11,15-18,20,22,29,32H,7-9,12-14,19,21,23H2,1-3H3,(H,37,41)/t32-/m1/s1.